The van der Waals surface area contributed by atoms with Crippen LogP contribution in [0.15, 0.2) is 0 Å². The lowest BCUT2D eigenvalue weighted by atomic mass is 9.74. The summed E-state index contributed by atoms with van der Waals surface area (Å²) in [6.07, 6.45) is 6.30. The molecule has 2 atom stereocenters. The fourth-order valence-corrected chi connectivity index (χ4v) is 3.14. The third-order valence-corrected chi connectivity index (χ3v) is 4.05. The van der Waals surface area contributed by atoms with Crippen molar-refractivity contribution in [1.82, 2.24) is 4.90 Å². The Labute approximate surface area is 92.7 Å². The second-order valence-electron chi connectivity index (χ2n) is 5.14. The van der Waals surface area contributed by atoms with Gasteiger partial charge in [-0.1, -0.05) is 6.42 Å². The molecule has 0 amide bonds. The Morgan fingerprint density at radius 3 is 2.47 bits per heavy atom. The number of hydrogen-bond acceptors (Lipinski definition) is 2. The highest BCUT2D eigenvalue weighted by molar-refractivity contribution is 5.07. The van der Waals surface area contributed by atoms with E-state index in [4.69, 9.17) is 0 Å². The zero-order valence-corrected chi connectivity index (χ0v) is 9.79. The molecule has 2 unspecified atom stereocenters. The van der Waals surface area contributed by atoms with Gasteiger partial charge in [0.25, 0.3) is 0 Å². The van der Waals surface area contributed by atoms with E-state index in [1.54, 1.807) is 0 Å². The molecule has 2 nitrogen and oxygen atoms in total. The molecular formula is C13H21NO. The Kier molecular flexibility index (Phi) is 3.04. The van der Waals surface area contributed by atoms with E-state index >= 15 is 0 Å². The van der Waals surface area contributed by atoms with Crippen molar-refractivity contribution >= 4 is 0 Å². The lowest BCUT2D eigenvalue weighted by molar-refractivity contribution is -0.0793. The lowest BCUT2D eigenvalue weighted by Crippen LogP contribution is -2.56. The molecular weight excluding hydrogens is 186 g/mol. The van der Waals surface area contributed by atoms with Crippen LogP contribution in [-0.2, 0) is 0 Å². The highest BCUT2D eigenvalue weighted by Gasteiger charge is 2.43. The zero-order valence-electron chi connectivity index (χ0n) is 9.79. The van der Waals surface area contributed by atoms with Crippen LogP contribution in [0.5, 0.6) is 0 Å². The molecule has 2 aliphatic rings. The van der Waals surface area contributed by atoms with Crippen LogP contribution >= 0.6 is 0 Å². The van der Waals surface area contributed by atoms with E-state index in [1.165, 1.54) is 19.3 Å². The molecule has 15 heavy (non-hydrogen) atoms. The second kappa shape index (κ2) is 4.15. The summed E-state index contributed by atoms with van der Waals surface area (Å²) in [6.45, 7) is 1.85. The molecule has 2 heteroatoms. The maximum absolute atomic E-state index is 10.5. The molecule has 2 rings (SSSR count). The Morgan fingerprint density at radius 1 is 1.33 bits per heavy atom. The Balaban J connectivity index is 2.07. The van der Waals surface area contributed by atoms with E-state index in [-0.39, 0.29) is 0 Å². The molecule has 2 bridgehead atoms. The Morgan fingerprint density at radius 2 is 1.93 bits per heavy atom. The minimum atomic E-state index is -0.509. The summed E-state index contributed by atoms with van der Waals surface area (Å²) >= 11 is 0. The maximum Gasteiger partial charge on any atom is 0.0786 e. The maximum atomic E-state index is 10.5. The third-order valence-electron chi connectivity index (χ3n) is 4.05. The summed E-state index contributed by atoms with van der Waals surface area (Å²) in [5.74, 6) is 5.94. The van der Waals surface area contributed by atoms with Gasteiger partial charge in [0.15, 0.2) is 0 Å². The van der Waals surface area contributed by atoms with Gasteiger partial charge in [-0.3, -0.25) is 0 Å². The lowest BCUT2D eigenvalue weighted by Gasteiger charge is -2.50. The first-order chi connectivity index (χ1) is 7.14. The van der Waals surface area contributed by atoms with Crippen molar-refractivity contribution in [2.45, 2.75) is 63.1 Å². The van der Waals surface area contributed by atoms with Crippen molar-refractivity contribution in [3.05, 3.63) is 0 Å². The summed E-state index contributed by atoms with van der Waals surface area (Å²) in [5.41, 5.74) is -0.509. The summed E-state index contributed by atoms with van der Waals surface area (Å²) in [4.78, 5) is 2.47. The van der Waals surface area contributed by atoms with Crippen molar-refractivity contribution < 1.29 is 5.11 Å². The molecule has 0 aromatic carbocycles. The van der Waals surface area contributed by atoms with Gasteiger partial charge in [0, 0.05) is 18.5 Å². The van der Waals surface area contributed by atoms with Crippen LogP contribution in [0.25, 0.3) is 0 Å². The minimum Gasteiger partial charge on any atom is -0.389 e. The number of rotatable bonds is 1. The van der Waals surface area contributed by atoms with Gasteiger partial charge in [0.1, 0.15) is 0 Å². The summed E-state index contributed by atoms with van der Waals surface area (Å²) in [7, 11) is 2.21. The number of fused-ring (bicyclic) bond motifs is 2. The summed E-state index contributed by atoms with van der Waals surface area (Å²) in [5, 5.41) is 10.5. The van der Waals surface area contributed by atoms with Crippen LogP contribution < -0.4 is 0 Å². The van der Waals surface area contributed by atoms with Crippen LogP contribution in [0.3, 0.4) is 0 Å². The van der Waals surface area contributed by atoms with Gasteiger partial charge in [-0.2, -0.15) is 0 Å². The largest absolute Gasteiger partial charge is 0.389 e. The summed E-state index contributed by atoms with van der Waals surface area (Å²) in [6, 6.07) is 1.17. The van der Waals surface area contributed by atoms with E-state index < -0.39 is 5.60 Å². The molecule has 2 saturated heterocycles. The molecule has 0 saturated carbocycles. The molecule has 0 aromatic heterocycles. The van der Waals surface area contributed by atoms with Crippen LogP contribution in [0.4, 0.5) is 0 Å². The average Bonchev–Trinajstić information content (AvgIpc) is 2.18. The summed E-state index contributed by atoms with van der Waals surface area (Å²) < 4.78 is 0. The molecule has 0 aromatic rings. The van der Waals surface area contributed by atoms with Crippen molar-refractivity contribution in [2.75, 3.05) is 7.05 Å². The average molecular weight is 207 g/mol. The van der Waals surface area contributed by atoms with E-state index in [2.05, 4.69) is 23.8 Å². The van der Waals surface area contributed by atoms with Gasteiger partial charge in [-0.05, 0) is 39.7 Å². The van der Waals surface area contributed by atoms with Crippen molar-refractivity contribution in [3.63, 3.8) is 0 Å². The molecule has 1 N–H and O–H groups in total. The molecule has 2 heterocycles. The topological polar surface area (TPSA) is 23.5 Å². The predicted molar refractivity (Wildman–Crippen MR) is 61.4 cm³/mol. The normalized spacial score (nSPS) is 40.7. The fraction of sp³-hybridized carbons (Fsp3) is 0.846. The monoisotopic (exact) mass is 207 g/mol. The third kappa shape index (κ3) is 2.19. The van der Waals surface area contributed by atoms with Crippen LogP contribution in [-0.4, -0.2) is 34.7 Å². The van der Waals surface area contributed by atoms with Gasteiger partial charge in [0.2, 0.25) is 0 Å². The van der Waals surface area contributed by atoms with Crippen molar-refractivity contribution in [1.29, 1.82) is 0 Å². The Hall–Kier alpha value is -0.520. The molecule has 0 aliphatic carbocycles. The standard InChI is InChI=1S/C13H21NO/c1-3-4-8-13(15)9-11-6-5-7-12(10-13)14(11)2/h11-12,15H,5-10H2,1-2H3. The van der Waals surface area contributed by atoms with Crippen LogP contribution in [0, 0.1) is 11.8 Å². The zero-order chi connectivity index (χ0) is 10.9. The van der Waals surface area contributed by atoms with E-state index in [0.717, 1.165) is 12.8 Å². The number of aliphatic hydroxyl groups is 1. The second-order valence-corrected chi connectivity index (χ2v) is 5.14. The van der Waals surface area contributed by atoms with Gasteiger partial charge in [0.05, 0.1) is 5.60 Å². The SMILES string of the molecule is CC#CCC1(O)CC2CCCC(C1)N2C. The van der Waals surface area contributed by atoms with Gasteiger partial charge < -0.3 is 10.0 Å². The smallest absolute Gasteiger partial charge is 0.0786 e. The van der Waals surface area contributed by atoms with Crippen LogP contribution in [0.2, 0.25) is 0 Å². The van der Waals surface area contributed by atoms with Crippen LogP contribution in [0.1, 0.15) is 45.4 Å². The van der Waals surface area contributed by atoms with Crippen molar-refractivity contribution in [3.8, 4) is 11.8 Å². The van der Waals surface area contributed by atoms with E-state index in [9.17, 15) is 5.11 Å². The fourth-order valence-electron chi connectivity index (χ4n) is 3.14. The minimum absolute atomic E-state index is 0.509. The molecule has 84 valence electrons. The van der Waals surface area contributed by atoms with E-state index in [0.29, 0.717) is 18.5 Å². The molecule has 0 spiro atoms. The van der Waals surface area contributed by atoms with Gasteiger partial charge in [-0.25, -0.2) is 0 Å². The highest BCUT2D eigenvalue weighted by Crippen LogP contribution is 2.39. The number of hydrogen-bond donors (Lipinski definition) is 1. The number of nitrogens with zero attached hydrogens (tertiary/aromatic N) is 1. The Bertz CT molecular complexity index is 275. The van der Waals surface area contributed by atoms with E-state index in [1.807, 2.05) is 6.92 Å². The first-order valence-corrected chi connectivity index (χ1v) is 5.98. The first-order valence-electron chi connectivity index (χ1n) is 5.98. The quantitative estimate of drug-likeness (QED) is 0.662. The molecule has 2 aliphatic heterocycles. The first kappa shape index (κ1) is 11.0. The highest BCUT2D eigenvalue weighted by atomic mass is 16.3. The van der Waals surface area contributed by atoms with Gasteiger partial charge in [-0.15, -0.1) is 11.8 Å². The van der Waals surface area contributed by atoms with Gasteiger partial charge >= 0.3 is 0 Å². The predicted octanol–water partition coefficient (Wildman–Crippen LogP) is 1.78. The molecule has 0 radical (unpaired) electrons. The molecule has 2 fully saturated rings. The number of piperidine rings is 2. The van der Waals surface area contributed by atoms with Crippen molar-refractivity contribution in [2.24, 2.45) is 0 Å².